The second kappa shape index (κ2) is 5.32. The number of fused-ring (bicyclic) bond motifs is 1. The average molecular weight is 315 g/mol. The maximum atomic E-state index is 6.00. The van der Waals surface area contributed by atoms with E-state index in [9.17, 15) is 0 Å². The van der Waals surface area contributed by atoms with E-state index in [0.717, 1.165) is 16.5 Å². The number of hydrogen-bond acceptors (Lipinski definition) is 3. The van der Waals surface area contributed by atoms with E-state index in [-0.39, 0.29) is 0 Å². The van der Waals surface area contributed by atoms with Crippen molar-refractivity contribution in [1.29, 1.82) is 0 Å². The second-order valence-electron chi connectivity index (χ2n) is 5.55. The van der Waals surface area contributed by atoms with Crippen molar-refractivity contribution in [2.45, 2.75) is 18.9 Å². The third-order valence-electron chi connectivity index (χ3n) is 3.98. The Morgan fingerprint density at radius 3 is 2.71 bits per heavy atom. The molecule has 21 heavy (non-hydrogen) atoms. The number of thiazole rings is 1. The summed E-state index contributed by atoms with van der Waals surface area (Å²) >= 11 is 7.68. The highest BCUT2D eigenvalue weighted by Gasteiger charge is 2.32. The summed E-state index contributed by atoms with van der Waals surface area (Å²) in [6, 6.07) is 15.0. The minimum atomic E-state index is 0.368. The Hall–Kier alpha value is -1.58. The minimum absolute atomic E-state index is 0.368. The third-order valence-corrected chi connectivity index (χ3v) is 5.02. The van der Waals surface area contributed by atoms with Gasteiger partial charge in [0, 0.05) is 10.7 Å². The first-order valence-electron chi connectivity index (χ1n) is 7.15. The topological polar surface area (TPSA) is 24.9 Å². The highest BCUT2D eigenvalue weighted by Crippen LogP contribution is 2.43. The van der Waals surface area contributed by atoms with Crippen molar-refractivity contribution >= 4 is 38.8 Å². The lowest BCUT2D eigenvalue weighted by atomic mass is 10.0. The lowest BCUT2D eigenvalue weighted by Gasteiger charge is -2.20. The van der Waals surface area contributed by atoms with Gasteiger partial charge in [-0.15, -0.1) is 11.3 Å². The lowest BCUT2D eigenvalue weighted by molar-refractivity contribution is 0.679. The number of hydrogen-bond donors (Lipinski definition) is 1. The molecule has 3 aromatic rings. The summed E-state index contributed by atoms with van der Waals surface area (Å²) in [7, 11) is 0. The first kappa shape index (κ1) is 13.1. The van der Waals surface area contributed by atoms with Crippen LogP contribution in [0.4, 0.5) is 5.69 Å². The van der Waals surface area contributed by atoms with Gasteiger partial charge in [0.2, 0.25) is 0 Å². The summed E-state index contributed by atoms with van der Waals surface area (Å²) in [5.74, 6) is 0.725. The maximum absolute atomic E-state index is 6.00. The van der Waals surface area contributed by atoms with Gasteiger partial charge in [-0.1, -0.05) is 23.7 Å². The molecule has 106 valence electrons. The van der Waals surface area contributed by atoms with Crippen molar-refractivity contribution in [1.82, 2.24) is 4.98 Å². The number of nitrogens with one attached hydrogen (secondary N) is 1. The highest BCUT2D eigenvalue weighted by atomic mass is 35.5. The molecular weight excluding hydrogens is 300 g/mol. The Balaban J connectivity index is 1.63. The predicted octanol–water partition coefficient (Wildman–Crippen LogP) is 5.51. The van der Waals surface area contributed by atoms with E-state index in [1.807, 2.05) is 17.6 Å². The van der Waals surface area contributed by atoms with Crippen LogP contribution < -0.4 is 5.32 Å². The average Bonchev–Trinajstić information content (AvgIpc) is 3.23. The van der Waals surface area contributed by atoms with Crippen molar-refractivity contribution in [3.8, 4) is 0 Å². The van der Waals surface area contributed by atoms with Gasteiger partial charge in [-0.3, -0.25) is 0 Å². The second-order valence-corrected chi connectivity index (χ2v) is 6.87. The molecule has 1 N–H and O–H groups in total. The van der Waals surface area contributed by atoms with Gasteiger partial charge < -0.3 is 5.32 Å². The van der Waals surface area contributed by atoms with Crippen LogP contribution in [0.25, 0.3) is 10.2 Å². The zero-order valence-electron chi connectivity index (χ0n) is 11.4. The molecule has 4 heteroatoms. The summed E-state index contributed by atoms with van der Waals surface area (Å²) < 4.78 is 1.23. The zero-order valence-corrected chi connectivity index (χ0v) is 13.0. The van der Waals surface area contributed by atoms with E-state index in [1.54, 1.807) is 11.3 Å². The van der Waals surface area contributed by atoms with Crippen LogP contribution in [0.15, 0.2) is 48.0 Å². The number of rotatable bonds is 4. The van der Waals surface area contributed by atoms with Gasteiger partial charge in [-0.05, 0) is 54.7 Å². The number of nitrogens with zero attached hydrogens (tertiary/aromatic N) is 1. The molecule has 1 aliphatic carbocycles. The highest BCUT2D eigenvalue weighted by molar-refractivity contribution is 7.16. The van der Waals surface area contributed by atoms with Gasteiger partial charge in [0.1, 0.15) is 0 Å². The summed E-state index contributed by atoms with van der Waals surface area (Å²) in [6.07, 6.45) is 2.59. The van der Waals surface area contributed by atoms with Gasteiger partial charge in [-0.25, -0.2) is 4.98 Å². The quantitative estimate of drug-likeness (QED) is 0.686. The van der Waals surface area contributed by atoms with Crippen LogP contribution in [0.2, 0.25) is 5.02 Å². The first-order valence-corrected chi connectivity index (χ1v) is 8.40. The molecule has 1 aromatic heterocycles. The molecule has 0 radical (unpaired) electrons. The van der Waals surface area contributed by atoms with Crippen molar-refractivity contribution < 1.29 is 0 Å². The van der Waals surface area contributed by atoms with Crippen LogP contribution in [-0.4, -0.2) is 4.98 Å². The predicted molar refractivity (Wildman–Crippen MR) is 90.2 cm³/mol. The maximum Gasteiger partial charge on any atom is 0.0813 e. The molecule has 0 saturated heterocycles. The molecule has 0 bridgehead atoms. The Kier molecular flexibility index (Phi) is 3.32. The van der Waals surface area contributed by atoms with Crippen LogP contribution in [0.3, 0.4) is 0 Å². The molecule has 4 rings (SSSR count). The fourth-order valence-corrected chi connectivity index (χ4v) is 3.54. The lowest BCUT2D eigenvalue weighted by Crippen LogP contribution is -2.12. The molecule has 1 unspecified atom stereocenters. The standard InChI is InChI=1S/C17H15ClN2S/c18-13-5-3-12(4-6-13)17(11-1-2-11)20-14-7-8-15-16(9-14)21-10-19-15/h3-11,17,20H,1-2H2. The molecule has 0 aliphatic heterocycles. The Morgan fingerprint density at radius 1 is 1.14 bits per heavy atom. The van der Waals surface area contributed by atoms with Gasteiger partial charge in [0.25, 0.3) is 0 Å². The van der Waals surface area contributed by atoms with E-state index in [0.29, 0.717) is 6.04 Å². The van der Waals surface area contributed by atoms with Crippen molar-refractivity contribution in [2.24, 2.45) is 5.92 Å². The fourth-order valence-electron chi connectivity index (χ4n) is 2.70. The molecule has 0 spiro atoms. The van der Waals surface area contributed by atoms with Gasteiger partial charge in [0.05, 0.1) is 21.8 Å². The van der Waals surface area contributed by atoms with Crippen LogP contribution in [0, 0.1) is 5.92 Å². The summed E-state index contributed by atoms with van der Waals surface area (Å²) in [4.78, 5) is 4.33. The van der Waals surface area contributed by atoms with Gasteiger partial charge >= 0.3 is 0 Å². The van der Waals surface area contributed by atoms with Crippen molar-refractivity contribution in [3.63, 3.8) is 0 Å². The third kappa shape index (κ3) is 2.76. The van der Waals surface area contributed by atoms with Gasteiger partial charge in [-0.2, -0.15) is 0 Å². The molecule has 1 saturated carbocycles. The summed E-state index contributed by atoms with van der Waals surface area (Å²) in [6.45, 7) is 0. The molecule has 1 heterocycles. The molecular formula is C17H15ClN2S. The summed E-state index contributed by atoms with van der Waals surface area (Å²) in [5, 5.41) is 4.49. The Labute approximate surface area is 132 Å². The first-order chi connectivity index (χ1) is 10.3. The Morgan fingerprint density at radius 2 is 1.95 bits per heavy atom. The number of benzene rings is 2. The van der Waals surface area contributed by atoms with Crippen LogP contribution in [0.5, 0.6) is 0 Å². The molecule has 1 fully saturated rings. The smallest absolute Gasteiger partial charge is 0.0813 e. The number of halogens is 1. The molecule has 2 nitrogen and oxygen atoms in total. The normalized spacial score (nSPS) is 16.0. The largest absolute Gasteiger partial charge is 0.378 e. The molecule has 0 amide bonds. The van der Waals surface area contributed by atoms with Crippen LogP contribution in [0.1, 0.15) is 24.4 Å². The summed E-state index contributed by atoms with van der Waals surface area (Å²) in [5.41, 5.74) is 5.44. The van der Waals surface area contributed by atoms with E-state index < -0.39 is 0 Å². The van der Waals surface area contributed by atoms with Crippen LogP contribution in [-0.2, 0) is 0 Å². The monoisotopic (exact) mass is 314 g/mol. The van der Waals surface area contributed by atoms with Crippen molar-refractivity contribution in [3.05, 3.63) is 58.6 Å². The van der Waals surface area contributed by atoms with Crippen LogP contribution >= 0.6 is 22.9 Å². The van der Waals surface area contributed by atoms with E-state index in [4.69, 9.17) is 11.6 Å². The molecule has 1 atom stereocenters. The Bertz CT molecular complexity index is 762. The zero-order chi connectivity index (χ0) is 14.2. The minimum Gasteiger partial charge on any atom is -0.378 e. The number of anilines is 1. The molecule has 1 aliphatic rings. The fraction of sp³-hybridized carbons (Fsp3) is 0.235. The van der Waals surface area contributed by atoms with E-state index in [2.05, 4.69) is 40.6 Å². The number of aromatic nitrogens is 1. The van der Waals surface area contributed by atoms with E-state index in [1.165, 1.54) is 28.8 Å². The van der Waals surface area contributed by atoms with Crippen molar-refractivity contribution in [2.75, 3.05) is 5.32 Å². The van der Waals surface area contributed by atoms with E-state index >= 15 is 0 Å². The SMILES string of the molecule is Clc1ccc(C(Nc2ccc3ncsc3c2)C2CC2)cc1. The molecule has 2 aromatic carbocycles. The van der Waals surface area contributed by atoms with Gasteiger partial charge in [0.15, 0.2) is 0 Å².